The molecule has 0 saturated heterocycles. The highest BCUT2D eigenvalue weighted by atomic mass is 14.9. The van der Waals surface area contributed by atoms with E-state index in [1.807, 2.05) is 0 Å². The molecule has 0 heterocycles. The minimum Gasteiger partial charge on any atom is -0.338 e. The zero-order valence-corrected chi connectivity index (χ0v) is 12.3. The Morgan fingerprint density at radius 2 is 1.47 bits per heavy atom. The maximum absolute atomic E-state index is 2.46. The maximum atomic E-state index is 2.46. The smallest absolute Gasteiger partial charge is 0.102 e. The Morgan fingerprint density at radius 1 is 0.941 bits per heavy atom. The van der Waals surface area contributed by atoms with Crippen LogP contribution in [0, 0.1) is 12.3 Å². The van der Waals surface area contributed by atoms with Gasteiger partial charge in [0.05, 0.1) is 5.54 Å². The molecular weight excluding hydrogens is 206 g/mol. The van der Waals surface area contributed by atoms with Gasteiger partial charge in [-0.2, -0.15) is 0 Å². The van der Waals surface area contributed by atoms with E-state index in [9.17, 15) is 0 Å². The summed E-state index contributed by atoms with van der Waals surface area (Å²) < 4.78 is 0. The molecule has 1 rings (SSSR count). The molecule has 1 aromatic carbocycles. The molecule has 0 saturated carbocycles. The standard InChI is InChI=1S/C16H27N/c1-13-7-9-14(10-8-13)11-17-16(5,6)12-15(2,3)4/h7-10,17H,11-12H2,1-6H3/p+1. The molecule has 0 aliphatic carbocycles. The topological polar surface area (TPSA) is 16.6 Å². The molecule has 0 radical (unpaired) electrons. The third-order valence-electron chi connectivity index (χ3n) is 3.00. The van der Waals surface area contributed by atoms with Crippen LogP contribution in [0.4, 0.5) is 0 Å². The fraction of sp³-hybridized carbons (Fsp3) is 0.625. The van der Waals surface area contributed by atoms with Gasteiger partial charge in [0.25, 0.3) is 0 Å². The summed E-state index contributed by atoms with van der Waals surface area (Å²) in [5.74, 6) is 0. The molecule has 1 nitrogen and oxygen atoms in total. The van der Waals surface area contributed by atoms with Crippen LogP contribution in [0.2, 0.25) is 0 Å². The minimum atomic E-state index is 0.309. The Labute approximate surface area is 107 Å². The second-order valence-electron chi connectivity index (χ2n) is 7.12. The van der Waals surface area contributed by atoms with Crippen molar-refractivity contribution in [3.63, 3.8) is 0 Å². The van der Waals surface area contributed by atoms with Gasteiger partial charge in [-0.25, -0.2) is 0 Å². The Balaban J connectivity index is 2.52. The fourth-order valence-corrected chi connectivity index (χ4v) is 2.56. The molecule has 0 atom stereocenters. The number of nitrogens with two attached hydrogens (primary N) is 1. The van der Waals surface area contributed by atoms with Gasteiger partial charge in [0.2, 0.25) is 0 Å². The number of aryl methyl sites for hydroxylation is 1. The Hall–Kier alpha value is -0.820. The van der Waals surface area contributed by atoms with Crippen molar-refractivity contribution in [3.05, 3.63) is 35.4 Å². The predicted molar refractivity (Wildman–Crippen MR) is 75.0 cm³/mol. The highest BCUT2D eigenvalue weighted by molar-refractivity contribution is 5.20. The van der Waals surface area contributed by atoms with Crippen LogP contribution in [0.3, 0.4) is 0 Å². The van der Waals surface area contributed by atoms with Gasteiger partial charge in [-0.1, -0.05) is 50.6 Å². The van der Waals surface area contributed by atoms with Gasteiger partial charge in [0.1, 0.15) is 6.54 Å². The summed E-state index contributed by atoms with van der Waals surface area (Å²) in [6.45, 7) is 14.8. The summed E-state index contributed by atoms with van der Waals surface area (Å²) in [5.41, 5.74) is 3.46. The van der Waals surface area contributed by atoms with Crippen LogP contribution in [0.5, 0.6) is 0 Å². The predicted octanol–water partition coefficient (Wildman–Crippen LogP) is 3.27. The van der Waals surface area contributed by atoms with Crippen molar-refractivity contribution in [2.75, 3.05) is 0 Å². The third-order valence-corrected chi connectivity index (χ3v) is 3.00. The van der Waals surface area contributed by atoms with Gasteiger partial charge in [-0.05, 0) is 26.2 Å². The zero-order chi connectivity index (χ0) is 13.1. The molecule has 1 aromatic rings. The Kier molecular flexibility index (Phi) is 4.37. The first-order chi connectivity index (χ1) is 7.68. The van der Waals surface area contributed by atoms with Gasteiger partial charge in [0, 0.05) is 12.0 Å². The van der Waals surface area contributed by atoms with Crippen LogP contribution < -0.4 is 5.32 Å². The molecule has 0 bridgehead atoms. The average molecular weight is 234 g/mol. The molecule has 0 unspecified atom stereocenters. The molecule has 17 heavy (non-hydrogen) atoms. The van der Waals surface area contributed by atoms with E-state index in [1.54, 1.807) is 0 Å². The number of benzene rings is 1. The van der Waals surface area contributed by atoms with E-state index >= 15 is 0 Å². The monoisotopic (exact) mass is 234 g/mol. The third kappa shape index (κ3) is 5.88. The van der Waals surface area contributed by atoms with Gasteiger partial charge >= 0.3 is 0 Å². The molecule has 0 spiro atoms. The summed E-state index contributed by atoms with van der Waals surface area (Å²) in [4.78, 5) is 0. The lowest BCUT2D eigenvalue weighted by molar-refractivity contribution is -0.737. The number of rotatable bonds is 4. The lowest BCUT2D eigenvalue weighted by Crippen LogP contribution is -2.94. The van der Waals surface area contributed by atoms with Crippen molar-refractivity contribution < 1.29 is 5.32 Å². The molecule has 0 aromatic heterocycles. The summed E-state index contributed by atoms with van der Waals surface area (Å²) in [5, 5.41) is 2.46. The highest BCUT2D eigenvalue weighted by Crippen LogP contribution is 2.24. The Bertz CT molecular complexity index is 341. The molecule has 1 heteroatoms. The lowest BCUT2D eigenvalue weighted by atomic mass is 9.82. The van der Waals surface area contributed by atoms with Crippen LogP contribution in [-0.4, -0.2) is 5.54 Å². The van der Waals surface area contributed by atoms with Gasteiger partial charge in [0.15, 0.2) is 0 Å². The second kappa shape index (κ2) is 5.22. The summed E-state index contributed by atoms with van der Waals surface area (Å²) in [6.07, 6.45) is 1.23. The summed E-state index contributed by atoms with van der Waals surface area (Å²) in [7, 11) is 0. The van der Waals surface area contributed by atoms with E-state index < -0.39 is 0 Å². The molecule has 96 valence electrons. The van der Waals surface area contributed by atoms with Gasteiger partial charge in [-0.15, -0.1) is 0 Å². The quantitative estimate of drug-likeness (QED) is 0.823. The molecule has 0 amide bonds. The maximum Gasteiger partial charge on any atom is 0.102 e. The van der Waals surface area contributed by atoms with E-state index in [4.69, 9.17) is 0 Å². The highest BCUT2D eigenvalue weighted by Gasteiger charge is 2.27. The normalized spacial score (nSPS) is 12.8. The fourth-order valence-electron chi connectivity index (χ4n) is 2.56. The molecule has 0 fully saturated rings. The van der Waals surface area contributed by atoms with Crippen LogP contribution in [0.1, 0.15) is 52.2 Å². The number of quaternary nitrogens is 1. The molecule has 0 aliphatic rings. The first kappa shape index (κ1) is 14.2. The average Bonchev–Trinajstić information content (AvgIpc) is 2.13. The van der Waals surface area contributed by atoms with Crippen LogP contribution >= 0.6 is 0 Å². The van der Waals surface area contributed by atoms with Crippen LogP contribution in [-0.2, 0) is 6.54 Å². The summed E-state index contributed by atoms with van der Waals surface area (Å²) in [6, 6.07) is 8.86. The van der Waals surface area contributed by atoms with E-state index in [0.29, 0.717) is 11.0 Å². The van der Waals surface area contributed by atoms with Crippen molar-refractivity contribution >= 4 is 0 Å². The van der Waals surface area contributed by atoms with E-state index in [1.165, 1.54) is 17.5 Å². The minimum absolute atomic E-state index is 0.309. The zero-order valence-electron chi connectivity index (χ0n) is 12.3. The lowest BCUT2D eigenvalue weighted by Gasteiger charge is -2.30. The van der Waals surface area contributed by atoms with Crippen molar-refractivity contribution in [3.8, 4) is 0 Å². The second-order valence-corrected chi connectivity index (χ2v) is 7.12. The van der Waals surface area contributed by atoms with E-state index in [2.05, 4.69) is 71.1 Å². The molecule has 2 N–H and O–H groups in total. The first-order valence-corrected chi connectivity index (χ1v) is 6.58. The van der Waals surface area contributed by atoms with Gasteiger partial charge in [-0.3, -0.25) is 0 Å². The molecular formula is C16H28N+. The van der Waals surface area contributed by atoms with Crippen LogP contribution in [0.25, 0.3) is 0 Å². The van der Waals surface area contributed by atoms with Crippen LogP contribution in [0.15, 0.2) is 24.3 Å². The van der Waals surface area contributed by atoms with E-state index in [-0.39, 0.29) is 0 Å². The van der Waals surface area contributed by atoms with E-state index in [0.717, 1.165) is 6.54 Å². The van der Waals surface area contributed by atoms with Crippen molar-refractivity contribution in [2.45, 2.75) is 60.0 Å². The molecule has 0 aliphatic heterocycles. The Morgan fingerprint density at radius 3 is 1.94 bits per heavy atom. The number of hydrogen-bond donors (Lipinski definition) is 1. The SMILES string of the molecule is Cc1ccc(C[NH2+]C(C)(C)CC(C)(C)C)cc1. The van der Waals surface area contributed by atoms with Gasteiger partial charge < -0.3 is 5.32 Å². The van der Waals surface area contributed by atoms with Crippen molar-refractivity contribution in [2.24, 2.45) is 5.41 Å². The van der Waals surface area contributed by atoms with Crippen molar-refractivity contribution in [1.29, 1.82) is 0 Å². The van der Waals surface area contributed by atoms with Crippen molar-refractivity contribution in [1.82, 2.24) is 0 Å². The largest absolute Gasteiger partial charge is 0.338 e. The summed E-state index contributed by atoms with van der Waals surface area (Å²) >= 11 is 0. The number of hydrogen-bond acceptors (Lipinski definition) is 0. The first-order valence-electron chi connectivity index (χ1n) is 6.58.